The Bertz CT molecular complexity index is 1400. The Morgan fingerprint density at radius 3 is 2.29 bits per heavy atom. The van der Waals surface area contributed by atoms with Crippen molar-refractivity contribution >= 4 is 55.9 Å². The smallest absolute Gasteiger partial charge is 0.261 e. The molecule has 0 unspecified atom stereocenters. The lowest BCUT2D eigenvalue weighted by Gasteiger charge is -2.14. The van der Waals surface area contributed by atoms with Gasteiger partial charge in [-0.1, -0.05) is 15.9 Å². The molecule has 0 aliphatic rings. The summed E-state index contributed by atoms with van der Waals surface area (Å²) in [7, 11) is 3.15. The number of carbonyl (C=O) groups excluding carboxylic acids is 1. The molecule has 2 N–H and O–H groups in total. The van der Waals surface area contributed by atoms with Gasteiger partial charge in [0.25, 0.3) is 5.91 Å². The predicted molar refractivity (Wildman–Crippen MR) is 139 cm³/mol. The Balaban J connectivity index is 1.54. The molecule has 0 saturated carbocycles. The molecule has 0 spiro atoms. The lowest BCUT2D eigenvalue weighted by molar-refractivity contribution is 0.0974. The SMILES string of the molecule is COc1ccc(-n2nc3cc(C)c(NC(=S)NC(=O)c4cc(Br)cc(C)c4OC)cc3n2)cc1. The minimum absolute atomic E-state index is 0.162. The third-order valence-corrected chi connectivity index (χ3v) is 5.86. The van der Waals surface area contributed by atoms with Crippen molar-refractivity contribution in [2.24, 2.45) is 0 Å². The fourth-order valence-electron chi connectivity index (χ4n) is 3.53. The van der Waals surface area contributed by atoms with E-state index in [0.29, 0.717) is 16.8 Å². The van der Waals surface area contributed by atoms with Crippen LogP contribution in [0.15, 0.2) is 53.0 Å². The van der Waals surface area contributed by atoms with Crippen LogP contribution in [0.3, 0.4) is 0 Å². The summed E-state index contributed by atoms with van der Waals surface area (Å²) in [6, 6.07) is 14.8. The summed E-state index contributed by atoms with van der Waals surface area (Å²) in [5, 5.41) is 15.1. The maximum absolute atomic E-state index is 12.9. The molecule has 10 heteroatoms. The molecule has 0 aliphatic heterocycles. The first-order valence-electron chi connectivity index (χ1n) is 10.3. The number of thiocarbonyl (C=S) groups is 1. The van der Waals surface area contributed by atoms with Crippen molar-refractivity contribution in [1.82, 2.24) is 20.3 Å². The van der Waals surface area contributed by atoms with Gasteiger partial charge in [-0.15, -0.1) is 10.2 Å². The van der Waals surface area contributed by atoms with Gasteiger partial charge in [-0.05, 0) is 85.7 Å². The van der Waals surface area contributed by atoms with E-state index >= 15 is 0 Å². The van der Waals surface area contributed by atoms with Crippen molar-refractivity contribution < 1.29 is 14.3 Å². The molecular formula is C24H22BrN5O3S. The standard InChI is InChI=1S/C24H22BrN5O3S/c1-13-10-20-21(29-30(28-20)16-5-7-17(32-3)8-6-16)12-19(13)26-24(34)27-23(31)18-11-15(25)9-14(2)22(18)33-4/h5-12H,1-4H3,(H2,26,27,31,34). The van der Waals surface area contributed by atoms with Crippen LogP contribution < -0.4 is 20.1 Å². The van der Waals surface area contributed by atoms with E-state index < -0.39 is 0 Å². The molecule has 8 nitrogen and oxygen atoms in total. The molecule has 1 aromatic heterocycles. The molecule has 0 bridgehead atoms. The highest BCUT2D eigenvalue weighted by molar-refractivity contribution is 9.10. The third-order valence-electron chi connectivity index (χ3n) is 5.19. The van der Waals surface area contributed by atoms with Crippen molar-refractivity contribution in [2.45, 2.75) is 13.8 Å². The topological polar surface area (TPSA) is 90.3 Å². The number of anilines is 1. The molecule has 34 heavy (non-hydrogen) atoms. The molecule has 1 amide bonds. The molecule has 174 valence electrons. The van der Waals surface area contributed by atoms with E-state index in [2.05, 4.69) is 36.8 Å². The zero-order chi connectivity index (χ0) is 24.4. The number of aryl methyl sites for hydroxylation is 2. The van der Waals surface area contributed by atoms with Gasteiger partial charge in [0.05, 0.1) is 25.5 Å². The Kier molecular flexibility index (Phi) is 6.80. The van der Waals surface area contributed by atoms with E-state index in [1.165, 1.54) is 7.11 Å². The number of fused-ring (bicyclic) bond motifs is 1. The van der Waals surface area contributed by atoms with Crippen LogP contribution in [0.2, 0.25) is 0 Å². The summed E-state index contributed by atoms with van der Waals surface area (Å²) in [5.41, 5.74) is 5.07. The van der Waals surface area contributed by atoms with Crippen LogP contribution in [-0.2, 0) is 0 Å². The van der Waals surface area contributed by atoms with Gasteiger partial charge in [0.15, 0.2) is 5.11 Å². The first-order chi connectivity index (χ1) is 16.3. The summed E-state index contributed by atoms with van der Waals surface area (Å²) in [4.78, 5) is 14.4. The largest absolute Gasteiger partial charge is 0.497 e. The van der Waals surface area contributed by atoms with Gasteiger partial charge in [0.1, 0.15) is 22.5 Å². The Hall–Kier alpha value is -3.50. The van der Waals surface area contributed by atoms with Gasteiger partial charge in [-0.3, -0.25) is 10.1 Å². The number of benzene rings is 3. The van der Waals surface area contributed by atoms with Gasteiger partial charge in [-0.25, -0.2) is 0 Å². The predicted octanol–water partition coefficient (Wildman–Crippen LogP) is 4.94. The summed E-state index contributed by atoms with van der Waals surface area (Å²) >= 11 is 8.81. The Morgan fingerprint density at radius 1 is 0.971 bits per heavy atom. The highest BCUT2D eigenvalue weighted by Crippen LogP contribution is 2.28. The maximum Gasteiger partial charge on any atom is 0.261 e. The average molecular weight is 540 g/mol. The number of halogens is 1. The second-order valence-corrected chi connectivity index (χ2v) is 8.88. The monoisotopic (exact) mass is 539 g/mol. The Labute approximate surface area is 210 Å². The third kappa shape index (κ3) is 4.87. The summed E-state index contributed by atoms with van der Waals surface area (Å²) in [5.74, 6) is 0.883. The van der Waals surface area contributed by atoms with Crippen LogP contribution in [0.5, 0.6) is 11.5 Å². The molecule has 0 saturated heterocycles. The van der Waals surface area contributed by atoms with Crippen LogP contribution in [-0.4, -0.2) is 40.2 Å². The van der Waals surface area contributed by atoms with Gasteiger partial charge < -0.3 is 14.8 Å². The zero-order valence-corrected chi connectivity index (χ0v) is 21.4. The van der Waals surface area contributed by atoms with Crippen LogP contribution in [0, 0.1) is 13.8 Å². The first-order valence-corrected chi connectivity index (χ1v) is 11.5. The normalized spacial score (nSPS) is 10.7. The van der Waals surface area contributed by atoms with Gasteiger partial charge in [0.2, 0.25) is 0 Å². The van der Waals surface area contributed by atoms with E-state index in [-0.39, 0.29) is 11.0 Å². The van der Waals surface area contributed by atoms with Crippen molar-refractivity contribution in [1.29, 1.82) is 0 Å². The fraction of sp³-hybridized carbons (Fsp3) is 0.167. The number of nitrogens with one attached hydrogen (secondary N) is 2. The van der Waals surface area contributed by atoms with Crippen LogP contribution in [0.1, 0.15) is 21.5 Å². The van der Waals surface area contributed by atoms with Crippen LogP contribution >= 0.6 is 28.1 Å². The quantitative estimate of drug-likeness (QED) is 0.347. The van der Waals surface area contributed by atoms with Crippen molar-refractivity contribution in [3.8, 4) is 17.2 Å². The first kappa shape index (κ1) is 23.7. The number of nitrogens with zero attached hydrogens (tertiary/aromatic N) is 3. The van der Waals surface area contributed by atoms with Gasteiger partial charge in [0, 0.05) is 10.2 Å². The lowest BCUT2D eigenvalue weighted by atomic mass is 10.1. The molecule has 4 aromatic rings. The molecule has 0 fully saturated rings. The van der Waals surface area contributed by atoms with Crippen LogP contribution in [0.4, 0.5) is 5.69 Å². The zero-order valence-electron chi connectivity index (χ0n) is 19.0. The van der Waals surface area contributed by atoms with Crippen molar-refractivity contribution in [2.75, 3.05) is 19.5 Å². The Morgan fingerprint density at radius 2 is 1.65 bits per heavy atom. The van der Waals surface area contributed by atoms with Crippen molar-refractivity contribution in [3.05, 3.63) is 69.7 Å². The minimum Gasteiger partial charge on any atom is -0.497 e. The molecule has 4 rings (SSSR count). The van der Waals surface area contributed by atoms with E-state index in [0.717, 1.165) is 38.2 Å². The molecule has 0 radical (unpaired) electrons. The summed E-state index contributed by atoms with van der Waals surface area (Å²) < 4.78 is 11.4. The molecule has 3 aromatic carbocycles. The number of ether oxygens (including phenoxy) is 2. The number of hydrogen-bond donors (Lipinski definition) is 2. The maximum atomic E-state index is 12.9. The van der Waals surface area contributed by atoms with Gasteiger partial charge >= 0.3 is 0 Å². The molecule has 0 atom stereocenters. The highest BCUT2D eigenvalue weighted by Gasteiger charge is 2.17. The number of methoxy groups -OCH3 is 2. The van der Waals surface area contributed by atoms with Crippen LogP contribution in [0.25, 0.3) is 16.7 Å². The number of carbonyl (C=O) groups is 1. The molecular weight excluding hydrogens is 518 g/mol. The van der Waals surface area contributed by atoms with Gasteiger partial charge in [-0.2, -0.15) is 4.80 Å². The molecule has 1 heterocycles. The number of aromatic nitrogens is 3. The van der Waals surface area contributed by atoms with E-state index in [1.54, 1.807) is 18.0 Å². The van der Waals surface area contributed by atoms with E-state index in [9.17, 15) is 4.79 Å². The summed E-state index contributed by atoms with van der Waals surface area (Å²) in [6.07, 6.45) is 0. The minimum atomic E-state index is -0.372. The number of hydrogen-bond acceptors (Lipinski definition) is 6. The van der Waals surface area contributed by atoms with E-state index in [4.69, 9.17) is 21.7 Å². The number of rotatable bonds is 5. The number of amides is 1. The fourth-order valence-corrected chi connectivity index (χ4v) is 4.30. The average Bonchev–Trinajstić information content (AvgIpc) is 3.21. The summed E-state index contributed by atoms with van der Waals surface area (Å²) in [6.45, 7) is 3.80. The lowest BCUT2D eigenvalue weighted by Crippen LogP contribution is -2.34. The van der Waals surface area contributed by atoms with Crippen molar-refractivity contribution in [3.63, 3.8) is 0 Å². The highest BCUT2D eigenvalue weighted by atomic mass is 79.9. The van der Waals surface area contributed by atoms with E-state index in [1.807, 2.05) is 56.3 Å². The second-order valence-electron chi connectivity index (χ2n) is 7.56. The molecule has 0 aliphatic carbocycles. The second kappa shape index (κ2) is 9.78.